The van der Waals surface area contributed by atoms with Gasteiger partial charge in [0.25, 0.3) is 0 Å². The summed E-state index contributed by atoms with van der Waals surface area (Å²) in [5.74, 6) is 0.410. The van der Waals surface area contributed by atoms with Gasteiger partial charge in [-0.05, 0) is 88.0 Å². The Hall–Kier alpha value is -4.18. The molecule has 0 radical (unpaired) electrons. The number of benzene rings is 7. The standard InChI is InChI=1S/C44H37Br2N/c45-30-33-19-23-35(24-20-33)36(29-32-11-3-1-4-12-32)25-28-41-39-15-7-9-17-42(39)44(43-18-10-8-16-40(41)43)47(37-13-5-2-6-14-37)38-26-21-34(31-46)22-27-38/h1-24,26-27,36H,25,28-31H2. The van der Waals surface area contributed by atoms with Crippen molar-refractivity contribution in [3.05, 3.63) is 186 Å². The van der Waals surface area contributed by atoms with Crippen LogP contribution in [0.4, 0.5) is 17.1 Å². The second-order valence-corrected chi connectivity index (χ2v) is 13.3. The van der Waals surface area contributed by atoms with Crippen LogP contribution in [0, 0.1) is 0 Å². The molecule has 232 valence electrons. The van der Waals surface area contributed by atoms with Crippen molar-refractivity contribution in [2.24, 2.45) is 0 Å². The summed E-state index contributed by atoms with van der Waals surface area (Å²) in [6.07, 6.45) is 3.07. The van der Waals surface area contributed by atoms with E-state index in [-0.39, 0.29) is 0 Å². The van der Waals surface area contributed by atoms with Crippen LogP contribution in [0.15, 0.2) is 158 Å². The van der Waals surface area contributed by atoms with Gasteiger partial charge in [0.05, 0.1) is 5.69 Å². The molecule has 0 N–H and O–H groups in total. The molecule has 0 fully saturated rings. The molecular formula is C44H37Br2N. The quantitative estimate of drug-likeness (QED) is 0.0943. The summed E-state index contributed by atoms with van der Waals surface area (Å²) in [4.78, 5) is 2.44. The first-order valence-corrected chi connectivity index (χ1v) is 18.6. The first-order valence-electron chi connectivity index (χ1n) is 16.3. The van der Waals surface area contributed by atoms with Crippen molar-refractivity contribution in [2.45, 2.75) is 35.8 Å². The molecule has 0 aromatic heterocycles. The summed E-state index contributed by atoms with van der Waals surface area (Å²) in [6.45, 7) is 0. The van der Waals surface area contributed by atoms with Gasteiger partial charge in [0, 0.05) is 32.8 Å². The Kier molecular flexibility index (Phi) is 9.84. The van der Waals surface area contributed by atoms with Crippen LogP contribution in [0.25, 0.3) is 21.5 Å². The fourth-order valence-corrected chi connectivity index (χ4v) is 7.65. The van der Waals surface area contributed by atoms with Gasteiger partial charge in [-0.15, -0.1) is 0 Å². The molecular weight excluding hydrogens is 702 g/mol. The van der Waals surface area contributed by atoms with E-state index in [1.54, 1.807) is 0 Å². The van der Waals surface area contributed by atoms with Crippen LogP contribution in [0.1, 0.15) is 40.2 Å². The van der Waals surface area contributed by atoms with E-state index in [2.05, 4.69) is 194 Å². The lowest BCUT2D eigenvalue weighted by atomic mass is 9.84. The summed E-state index contributed by atoms with van der Waals surface area (Å²) < 4.78 is 0. The molecule has 7 aromatic rings. The Morgan fingerprint density at radius 1 is 0.447 bits per heavy atom. The number of para-hydroxylation sites is 1. The van der Waals surface area contributed by atoms with Gasteiger partial charge < -0.3 is 4.90 Å². The molecule has 0 aliphatic heterocycles. The topological polar surface area (TPSA) is 3.24 Å². The highest BCUT2D eigenvalue weighted by molar-refractivity contribution is 9.08. The summed E-state index contributed by atoms with van der Waals surface area (Å²) >= 11 is 7.26. The van der Waals surface area contributed by atoms with E-state index in [4.69, 9.17) is 0 Å². The van der Waals surface area contributed by atoms with Gasteiger partial charge in [0.1, 0.15) is 0 Å². The van der Waals surface area contributed by atoms with Gasteiger partial charge in [-0.3, -0.25) is 0 Å². The molecule has 1 atom stereocenters. The van der Waals surface area contributed by atoms with Crippen molar-refractivity contribution in [3.8, 4) is 0 Å². The third-order valence-electron chi connectivity index (χ3n) is 9.27. The van der Waals surface area contributed by atoms with E-state index in [0.717, 1.165) is 41.3 Å². The molecule has 47 heavy (non-hydrogen) atoms. The van der Waals surface area contributed by atoms with Crippen LogP contribution in [-0.2, 0) is 23.5 Å². The third kappa shape index (κ3) is 6.79. The van der Waals surface area contributed by atoms with Crippen molar-refractivity contribution in [1.29, 1.82) is 0 Å². The summed E-state index contributed by atoms with van der Waals surface area (Å²) in [6, 6.07) is 57.9. The van der Waals surface area contributed by atoms with Crippen LogP contribution < -0.4 is 4.90 Å². The Morgan fingerprint density at radius 3 is 1.47 bits per heavy atom. The van der Waals surface area contributed by atoms with Gasteiger partial charge in [0.15, 0.2) is 0 Å². The number of nitrogens with zero attached hydrogens (tertiary/aromatic N) is 1. The van der Waals surface area contributed by atoms with E-state index in [0.29, 0.717) is 5.92 Å². The molecule has 0 heterocycles. The number of hydrogen-bond acceptors (Lipinski definition) is 1. The van der Waals surface area contributed by atoms with Crippen LogP contribution in [0.3, 0.4) is 0 Å². The number of alkyl halides is 2. The lowest BCUT2D eigenvalue weighted by Crippen LogP contribution is -2.12. The summed E-state index contributed by atoms with van der Waals surface area (Å²) in [5.41, 5.74) is 10.3. The molecule has 3 heteroatoms. The van der Waals surface area contributed by atoms with Crippen LogP contribution in [-0.4, -0.2) is 0 Å². The SMILES string of the molecule is BrCc1ccc(C(CCc2c3ccccc3c(N(c3ccccc3)c3ccc(CBr)cc3)c3ccccc23)Cc2ccccc2)cc1. The van der Waals surface area contributed by atoms with Gasteiger partial charge >= 0.3 is 0 Å². The van der Waals surface area contributed by atoms with Gasteiger partial charge in [-0.25, -0.2) is 0 Å². The number of aryl methyl sites for hydroxylation is 1. The molecule has 0 aliphatic carbocycles. The van der Waals surface area contributed by atoms with Crippen molar-refractivity contribution in [1.82, 2.24) is 0 Å². The van der Waals surface area contributed by atoms with Crippen molar-refractivity contribution < 1.29 is 0 Å². The lowest BCUT2D eigenvalue weighted by Gasteiger charge is -2.30. The predicted molar refractivity (Wildman–Crippen MR) is 209 cm³/mol. The first-order chi connectivity index (χ1) is 23.2. The number of fused-ring (bicyclic) bond motifs is 2. The van der Waals surface area contributed by atoms with Crippen LogP contribution >= 0.6 is 31.9 Å². The van der Waals surface area contributed by atoms with E-state index in [1.165, 1.54) is 55.0 Å². The summed E-state index contributed by atoms with van der Waals surface area (Å²) in [5, 5.41) is 6.92. The minimum absolute atomic E-state index is 0.410. The maximum absolute atomic E-state index is 3.63. The molecule has 0 amide bonds. The van der Waals surface area contributed by atoms with Crippen LogP contribution in [0.2, 0.25) is 0 Å². The fraction of sp³-hybridized carbons (Fsp3) is 0.136. The van der Waals surface area contributed by atoms with E-state index in [9.17, 15) is 0 Å². The maximum Gasteiger partial charge on any atom is 0.0618 e. The Bertz CT molecular complexity index is 2010. The molecule has 0 spiro atoms. The molecule has 7 rings (SSSR count). The monoisotopic (exact) mass is 737 g/mol. The molecule has 1 unspecified atom stereocenters. The number of rotatable bonds is 11. The highest BCUT2D eigenvalue weighted by atomic mass is 79.9. The number of hydrogen-bond donors (Lipinski definition) is 0. The minimum atomic E-state index is 0.410. The number of anilines is 3. The van der Waals surface area contributed by atoms with E-state index >= 15 is 0 Å². The fourth-order valence-electron chi connectivity index (χ4n) is 6.91. The Morgan fingerprint density at radius 2 is 0.915 bits per heavy atom. The van der Waals surface area contributed by atoms with Crippen molar-refractivity contribution in [2.75, 3.05) is 4.90 Å². The second-order valence-electron chi connectivity index (χ2n) is 12.2. The predicted octanol–water partition coefficient (Wildman–Crippen LogP) is 13.2. The Balaban J connectivity index is 1.37. The van der Waals surface area contributed by atoms with Gasteiger partial charge in [-0.1, -0.05) is 165 Å². The first kappa shape index (κ1) is 31.4. The molecule has 0 saturated heterocycles. The average Bonchev–Trinajstić information content (AvgIpc) is 3.15. The smallest absolute Gasteiger partial charge is 0.0618 e. The van der Waals surface area contributed by atoms with Crippen molar-refractivity contribution >= 4 is 70.5 Å². The van der Waals surface area contributed by atoms with Gasteiger partial charge in [0.2, 0.25) is 0 Å². The van der Waals surface area contributed by atoms with Gasteiger partial charge in [-0.2, -0.15) is 0 Å². The zero-order chi connectivity index (χ0) is 32.0. The highest BCUT2D eigenvalue weighted by Crippen LogP contribution is 2.46. The zero-order valence-corrected chi connectivity index (χ0v) is 29.5. The maximum atomic E-state index is 3.63. The molecule has 1 nitrogen and oxygen atoms in total. The molecule has 0 aliphatic rings. The molecule has 0 saturated carbocycles. The van der Waals surface area contributed by atoms with E-state index in [1.807, 2.05) is 0 Å². The third-order valence-corrected chi connectivity index (χ3v) is 10.6. The number of halogens is 2. The van der Waals surface area contributed by atoms with Crippen molar-refractivity contribution in [3.63, 3.8) is 0 Å². The molecule has 0 bridgehead atoms. The minimum Gasteiger partial charge on any atom is -0.309 e. The molecule has 7 aromatic carbocycles. The van der Waals surface area contributed by atoms with Crippen LogP contribution in [0.5, 0.6) is 0 Å². The lowest BCUT2D eigenvalue weighted by molar-refractivity contribution is 0.623. The summed E-state index contributed by atoms with van der Waals surface area (Å²) in [7, 11) is 0. The largest absolute Gasteiger partial charge is 0.309 e. The second kappa shape index (κ2) is 14.7. The average molecular weight is 740 g/mol. The van der Waals surface area contributed by atoms with E-state index < -0.39 is 0 Å². The zero-order valence-electron chi connectivity index (χ0n) is 26.3. The Labute approximate surface area is 295 Å². The normalized spacial score (nSPS) is 12.0. The highest BCUT2D eigenvalue weighted by Gasteiger charge is 2.22.